The van der Waals surface area contributed by atoms with Gasteiger partial charge in [-0.1, -0.05) is 12.0 Å². The molecular weight excluding hydrogens is 280 g/mol. The molecule has 6 heteroatoms. The van der Waals surface area contributed by atoms with Crippen LogP contribution in [0.1, 0.15) is 22.4 Å². The summed E-state index contributed by atoms with van der Waals surface area (Å²) in [5, 5.41) is 7.52. The summed E-state index contributed by atoms with van der Waals surface area (Å²) in [5.74, 6) is 3.25. The summed E-state index contributed by atoms with van der Waals surface area (Å²) in [6.07, 6.45) is 6.03. The normalized spacial score (nSPS) is 10.6. The second-order valence-corrected chi connectivity index (χ2v) is 4.88. The molecule has 3 aromatic rings. The van der Waals surface area contributed by atoms with Crippen molar-refractivity contribution in [3.63, 3.8) is 0 Å². The van der Waals surface area contributed by atoms with Gasteiger partial charge in [0, 0.05) is 17.7 Å². The zero-order chi connectivity index (χ0) is 15.7. The van der Waals surface area contributed by atoms with Crippen LogP contribution >= 0.6 is 0 Å². The minimum Gasteiger partial charge on any atom is -0.495 e. The summed E-state index contributed by atoms with van der Waals surface area (Å²) in [4.78, 5) is 4.36. The molecule has 22 heavy (non-hydrogen) atoms. The number of fused-ring (bicyclic) bond motifs is 1. The Bertz CT molecular complexity index is 893. The Morgan fingerprint density at radius 3 is 2.91 bits per heavy atom. The van der Waals surface area contributed by atoms with Gasteiger partial charge in [-0.25, -0.2) is 9.61 Å². The number of benzene rings is 1. The average Bonchev–Trinajstić information content (AvgIpc) is 2.99. The van der Waals surface area contributed by atoms with Gasteiger partial charge in [-0.15, -0.1) is 6.42 Å². The van der Waals surface area contributed by atoms with Crippen molar-refractivity contribution < 1.29 is 9.37 Å². The molecule has 0 radical (unpaired) electrons. The Morgan fingerprint density at radius 2 is 2.18 bits per heavy atom. The molecule has 0 aliphatic heterocycles. The fourth-order valence-electron chi connectivity index (χ4n) is 2.38. The van der Waals surface area contributed by atoms with Crippen molar-refractivity contribution in [2.75, 3.05) is 12.8 Å². The standard InChI is InChI=1S/C16H14N4O2/c1-4-11-6-5-10(8-13(11)21-3)7-12-9(2)18-16-15(14(12)17)19-22-20-16/h1,5-6,8H,7,17H2,2-3H3. The van der Waals surface area contributed by atoms with E-state index in [1.54, 1.807) is 7.11 Å². The number of pyridine rings is 1. The van der Waals surface area contributed by atoms with Crippen molar-refractivity contribution >= 4 is 16.9 Å². The number of anilines is 1. The lowest BCUT2D eigenvalue weighted by Crippen LogP contribution is -2.03. The average molecular weight is 294 g/mol. The molecule has 0 amide bonds. The van der Waals surface area contributed by atoms with E-state index < -0.39 is 0 Å². The van der Waals surface area contributed by atoms with Crippen LogP contribution in [0.3, 0.4) is 0 Å². The summed E-state index contributed by atoms with van der Waals surface area (Å²) in [5.41, 5.74) is 11.0. The first-order valence-electron chi connectivity index (χ1n) is 6.64. The number of terminal acetylenes is 1. The van der Waals surface area contributed by atoms with Crippen molar-refractivity contribution in [2.45, 2.75) is 13.3 Å². The van der Waals surface area contributed by atoms with E-state index >= 15 is 0 Å². The molecule has 0 saturated heterocycles. The van der Waals surface area contributed by atoms with Gasteiger partial charge >= 0.3 is 0 Å². The zero-order valence-corrected chi connectivity index (χ0v) is 12.3. The number of hydrogen-bond donors (Lipinski definition) is 1. The first kappa shape index (κ1) is 13.9. The van der Waals surface area contributed by atoms with Gasteiger partial charge in [-0.05, 0) is 34.9 Å². The Morgan fingerprint density at radius 1 is 1.36 bits per heavy atom. The van der Waals surface area contributed by atoms with Crippen LogP contribution in [-0.2, 0) is 6.42 Å². The third kappa shape index (κ3) is 2.23. The van der Waals surface area contributed by atoms with Crippen molar-refractivity contribution in [3.05, 3.63) is 40.6 Å². The Kier molecular flexibility index (Phi) is 3.39. The molecule has 0 unspecified atom stereocenters. The van der Waals surface area contributed by atoms with Gasteiger partial charge in [0.25, 0.3) is 0 Å². The summed E-state index contributed by atoms with van der Waals surface area (Å²) in [6.45, 7) is 1.88. The van der Waals surface area contributed by atoms with Crippen molar-refractivity contribution in [1.82, 2.24) is 15.3 Å². The maximum atomic E-state index is 6.17. The van der Waals surface area contributed by atoms with E-state index in [4.69, 9.17) is 16.9 Å². The monoisotopic (exact) mass is 294 g/mol. The number of rotatable bonds is 3. The lowest BCUT2D eigenvalue weighted by Gasteiger charge is -2.10. The Labute approximate surface area is 127 Å². The van der Waals surface area contributed by atoms with Crippen LogP contribution in [0, 0.1) is 19.3 Å². The summed E-state index contributed by atoms with van der Waals surface area (Å²) >= 11 is 0. The van der Waals surface area contributed by atoms with Gasteiger partial charge in [-0.3, -0.25) is 0 Å². The topological polar surface area (TPSA) is 87.1 Å². The lowest BCUT2D eigenvalue weighted by atomic mass is 10.00. The molecule has 110 valence electrons. The van der Waals surface area contributed by atoms with Gasteiger partial charge in [0.15, 0.2) is 5.52 Å². The maximum absolute atomic E-state index is 6.17. The first-order valence-corrected chi connectivity index (χ1v) is 6.64. The quantitative estimate of drug-likeness (QED) is 0.744. The predicted molar refractivity (Wildman–Crippen MR) is 82.5 cm³/mol. The minimum absolute atomic E-state index is 0.416. The smallest absolute Gasteiger partial charge is 0.226 e. The number of methoxy groups -OCH3 is 1. The second-order valence-electron chi connectivity index (χ2n) is 4.88. The number of ether oxygens (including phenoxy) is 1. The van der Waals surface area contributed by atoms with Crippen molar-refractivity contribution in [3.8, 4) is 18.1 Å². The molecule has 0 bridgehead atoms. The van der Waals surface area contributed by atoms with Crippen molar-refractivity contribution in [2.24, 2.45) is 0 Å². The molecule has 0 spiro atoms. The molecule has 0 fully saturated rings. The minimum atomic E-state index is 0.416. The summed E-state index contributed by atoms with van der Waals surface area (Å²) < 4.78 is 9.99. The molecule has 1 aromatic carbocycles. The highest BCUT2D eigenvalue weighted by molar-refractivity contribution is 5.85. The molecule has 2 aromatic heterocycles. The van der Waals surface area contributed by atoms with Gasteiger partial charge in [0.05, 0.1) is 18.4 Å². The lowest BCUT2D eigenvalue weighted by molar-refractivity contribution is 0.315. The fraction of sp³-hybridized carbons (Fsp3) is 0.188. The molecule has 2 heterocycles. The SMILES string of the molecule is C#Cc1ccc(Cc2c(C)nc3nonc3c2N)cc1OC. The highest BCUT2D eigenvalue weighted by atomic mass is 16.6. The van der Waals surface area contributed by atoms with E-state index in [2.05, 4.69) is 25.8 Å². The predicted octanol–water partition coefficient (Wildman–Crippen LogP) is 2.09. The summed E-state index contributed by atoms with van der Waals surface area (Å²) in [7, 11) is 1.59. The molecule has 0 saturated carbocycles. The van der Waals surface area contributed by atoms with Crippen molar-refractivity contribution in [1.29, 1.82) is 0 Å². The largest absolute Gasteiger partial charge is 0.495 e. The van der Waals surface area contributed by atoms with E-state index in [-0.39, 0.29) is 0 Å². The van der Waals surface area contributed by atoms with E-state index in [1.165, 1.54) is 0 Å². The van der Waals surface area contributed by atoms with E-state index in [0.717, 1.165) is 16.8 Å². The van der Waals surface area contributed by atoms with Gasteiger partial charge in [-0.2, -0.15) is 0 Å². The Hall–Kier alpha value is -3.07. The number of hydrogen-bond acceptors (Lipinski definition) is 6. The molecular formula is C16H14N4O2. The van der Waals surface area contributed by atoms with Crippen LogP contribution in [0.15, 0.2) is 22.8 Å². The number of nitrogens with two attached hydrogens (primary N) is 1. The van der Waals surface area contributed by atoms with E-state index in [1.807, 2.05) is 25.1 Å². The van der Waals surface area contributed by atoms with Crippen LogP contribution < -0.4 is 10.5 Å². The molecule has 2 N–H and O–H groups in total. The highest BCUT2D eigenvalue weighted by Crippen LogP contribution is 2.27. The van der Waals surface area contributed by atoms with Crippen LogP contribution in [-0.4, -0.2) is 22.4 Å². The third-order valence-electron chi connectivity index (χ3n) is 3.56. The van der Waals surface area contributed by atoms with Gasteiger partial charge in [0.2, 0.25) is 5.65 Å². The summed E-state index contributed by atoms with van der Waals surface area (Å²) in [6, 6.07) is 5.70. The van der Waals surface area contributed by atoms with Crippen LogP contribution in [0.2, 0.25) is 0 Å². The van der Waals surface area contributed by atoms with E-state index in [0.29, 0.717) is 34.6 Å². The number of aryl methyl sites for hydroxylation is 1. The van der Waals surface area contributed by atoms with Crippen LogP contribution in [0.5, 0.6) is 5.75 Å². The molecule has 3 rings (SSSR count). The number of nitrogen functional groups attached to an aromatic ring is 1. The van der Waals surface area contributed by atoms with E-state index in [9.17, 15) is 0 Å². The highest BCUT2D eigenvalue weighted by Gasteiger charge is 2.15. The van der Waals surface area contributed by atoms with Gasteiger partial charge in [0.1, 0.15) is 5.75 Å². The second kappa shape index (κ2) is 5.37. The Balaban J connectivity index is 2.05. The molecule has 0 aliphatic rings. The third-order valence-corrected chi connectivity index (χ3v) is 3.56. The van der Waals surface area contributed by atoms with Crippen LogP contribution in [0.4, 0.5) is 5.69 Å². The first-order chi connectivity index (χ1) is 10.6. The molecule has 0 atom stereocenters. The fourth-order valence-corrected chi connectivity index (χ4v) is 2.38. The van der Waals surface area contributed by atoms with Gasteiger partial charge < -0.3 is 10.5 Å². The van der Waals surface area contributed by atoms with Crippen LogP contribution in [0.25, 0.3) is 11.2 Å². The number of nitrogens with zero attached hydrogens (tertiary/aromatic N) is 3. The molecule has 6 nitrogen and oxygen atoms in total. The maximum Gasteiger partial charge on any atom is 0.226 e. The zero-order valence-electron chi connectivity index (χ0n) is 12.3. The molecule has 0 aliphatic carbocycles. The number of aromatic nitrogens is 3.